The van der Waals surface area contributed by atoms with E-state index in [1.807, 2.05) is 17.9 Å². The van der Waals surface area contributed by atoms with Crippen LogP contribution in [0.4, 0.5) is 5.13 Å². The third kappa shape index (κ3) is 3.07. The molecule has 0 saturated carbocycles. The monoisotopic (exact) mass is 305 g/mol. The van der Waals surface area contributed by atoms with Gasteiger partial charge in [-0.3, -0.25) is 9.89 Å². The maximum atomic E-state index is 12.5. The fourth-order valence-corrected chi connectivity index (χ4v) is 3.64. The van der Waals surface area contributed by atoms with Crippen LogP contribution in [-0.4, -0.2) is 39.1 Å². The minimum atomic E-state index is 0.158. The van der Waals surface area contributed by atoms with Gasteiger partial charge in [-0.05, 0) is 25.8 Å². The molecule has 0 aliphatic carbocycles. The lowest BCUT2D eigenvalue weighted by molar-refractivity contribution is -0.131. The lowest BCUT2D eigenvalue weighted by Crippen LogP contribution is -2.40. The van der Waals surface area contributed by atoms with Crippen LogP contribution in [0, 0.1) is 6.92 Å². The number of carbonyl (C=O) groups excluding carboxylic acids is 1. The molecule has 0 spiro atoms. The number of rotatable bonds is 3. The second-order valence-electron chi connectivity index (χ2n) is 5.43. The van der Waals surface area contributed by atoms with Gasteiger partial charge in [0.05, 0.1) is 12.1 Å². The quantitative estimate of drug-likeness (QED) is 0.903. The second kappa shape index (κ2) is 5.85. The molecule has 7 heteroatoms. The Bertz CT molecular complexity index is 621. The summed E-state index contributed by atoms with van der Waals surface area (Å²) in [6.07, 6.45) is 4.29. The Kier molecular flexibility index (Phi) is 3.92. The maximum absolute atomic E-state index is 12.5. The number of nitrogens with two attached hydrogens (primary N) is 1. The normalized spacial score (nSPS) is 18.9. The molecule has 112 valence electrons. The number of nitrogens with one attached hydrogen (secondary N) is 1. The van der Waals surface area contributed by atoms with Gasteiger partial charge < -0.3 is 10.6 Å². The molecule has 3 rings (SSSR count). The Morgan fingerprint density at radius 2 is 2.48 bits per heavy atom. The topological polar surface area (TPSA) is 87.9 Å². The standard InChI is InChI=1S/C14H19N5OS/c1-9-12(21-14(15)17-9)7-13(20)19-6-2-3-10(8-19)11-4-5-16-18-11/h4-5,10H,2-3,6-8H2,1H3,(H2,15,17)(H,16,18). The number of amides is 1. The number of H-pyrrole nitrogens is 1. The van der Waals surface area contributed by atoms with Gasteiger partial charge in [-0.25, -0.2) is 4.98 Å². The van der Waals surface area contributed by atoms with Crippen molar-refractivity contribution in [3.63, 3.8) is 0 Å². The van der Waals surface area contributed by atoms with Crippen LogP contribution in [0.2, 0.25) is 0 Å². The van der Waals surface area contributed by atoms with Crippen LogP contribution in [-0.2, 0) is 11.2 Å². The van der Waals surface area contributed by atoms with Crippen molar-refractivity contribution in [1.29, 1.82) is 0 Å². The van der Waals surface area contributed by atoms with Gasteiger partial charge in [-0.15, -0.1) is 11.3 Å². The summed E-state index contributed by atoms with van der Waals surface area (Å²) in [4.78, 5) is 19.6. The Balaban J connectivity index is 1.66. The fraction of sp³-hybridized carbons (Fsp3) is 0.500. The number of likely N-dealkylation sites (tertiary alicyclic amines) is 1. The van der Waals surface area contributed by atoms with E-state index in [1.54, 1.807) is 6.20 Å². The number of aromatic nitrogens is 3. The minimum Gasteiger partial charge on any atom is -0.375 e. The predicted octanol–water partition coefficient (Wildman–Crippen LogP) is 1.71. The molecule has 21 heavy (non-hydrogen) atoms. The van der Waals surface area contributed by atoms with Crippen LogP contribution in [0.15, 0.2) is 12.3 Å². The van der Waals surface area contributed by atoms with Gasteiger partial charge in [0, 0.05) is 35.8 Å². The molecule has 6 nitrogen and oxygen atoms in total. The summed E-state index contributed by atoms with van der Waals surface area (Å²) in [5.41, 5.74) is 7.68. The van der Waals surface area contributed by atoms with Gasteiger partial charge in [0.2, 0.25) is 5.91 Å². The molecular formula is C14H19N5OS. The number of aromatic amines is 1. The highest BCUT2D eigenvalue weighted by molar-refractivity contribution is 7.15. The van der Waals surface area contributed by atoms with Crippen molar-refractivity contribution in [2.24, 2.45) is 0 Å². The molecule has 1 fully saturated rings. The number of hydrogen-bond donors (Lipinski definition) is 2. The van der Waals surface area contributed by atoms with Crippen LogP contribution in [0.1, 0.15) is 35.0 Å². The van der Waals surface area contributed by atoms with E-state index in [2.05, 4.69) is 15.2 Å². The van der Waals surface area contributed by atoms with Crippen molar-refractivity contribution in [2.75, 3.05) is 18.8 Å². The third-order valence-corrected chi connectivity index (χ3v) is 4.94. The zero-order valence-corrected chi connectivity index (χ0v) is 12.8. The molecule has 2 aromatic heterocycles. The van der Waals surface area contributed by atoms with Crippen LogP contribution >= 0.6 is 11.3 Å². The molecule has 1 saturated heterocycles. The van der Waals surface area contributed by atoms with Crippen molar-refractivity contribution in [2.45, 2.75) is 32.1 Å². The Hall–Kier alpha value is -1.89. The van der Waals surface area contributed by atoms with Crippen molar-refractivity contribution in [3.05, 3.63) is 28.5 Å². The molecule has 3 heterocycles. The smallest absolute Gasteiger partial charge is 0.227 e. The van der Waals surface area contributed by atoms with E-state index in [4.69, 9.17) is 5.73 Å². The number of nitrogens with zero attached hydrogens (tertiary/aromatic N) is 3. The van der Waals surface area contributed by atoms with Gasteiger partial charge in [0.1, 0.15) is 0 Å². The van der Waals surface area contributed by atoms with Crippen LogP contribution < -0.4 is 5.73 Å². The minimum absolute atomic E-state index is 0.158. The molecule has 2 aromatic rings. The summed E-state index contributed by atoms with van der Waals surface area (Å²) in [7, 11) is 0. The van der Waals surface area contributed by atoms with Crippen LogP contribution in [0.25, 0.3) is 0 Å². The second-order valence-corrected chi connectivity index (χ2v) is 6.54. The highest BCUT2D eigenvalue weighted by Crippen LogP contribution is 2.27. The van der Waals surface area contributed by atoms with E-state index in [-0.39, 0.29) is 5.91 Å². The Morgan fingerprint density at radius 1 is 1.62 bits per heavy atom. The van der Waals surface area contributed by atoms with Crippen molar-refractivity contribution in [1.82, 2.24) is 20.1 Å². The number of carbonyl (C=O) groups is 1. The molecule has 1 amide bonds. The van der Waals surface area contributed by atoms with E-state index < -0.39 is 0 Å². The number of anilines is 1. The number of aryl methyl sites for hydroxylation is 1. The zero-order chi connectivity index (χ0) is 14.8. The average molecular weight is 305 g/mol. The summed E-state index contributed by atoms with van der Waals surface area (Å²) in [5, 5.41) is 7.55. The van der Waals surface area contributed by atoms with Gasteiger partial charge in [0.25, 0.3) is 0 Å². The average Bonchev–Trinajstić information content (AvgIpc) is 3.09. The number of hydrogen-bond acceptors (Lipinski definition) is 5. The summed E-state index contributed by atoms with van der Waals surface area (Å²) in [6, 6.07) is 1.99. The maximum Gasteiger partial charge on any atom is 0.227 e. The molecular weight excluding hydrogens is 286 g/mol. The number of piperidine rings is 1. The Morgan fingerprint density at radius 3 is 3.14 bits per heavy atom. The Labute approximate surface area is 127 Å². The van der Waals surface area contributed by atoms with Gasteiger partial charge in [-0.2, -0.15) is 5.10 Å². The summed E-state index contributed by atoms with van der Waals surface area (Å²) in [6.45, 7) is 3.49. The van der Waals surface area contributed by atoms with E-state index in [9.17, 15) is 4.79 Å². The van der Waals surface area contributed by atoms with Gasteiger partial charge >= 0.3 is 0 Å². The van der Waals surface area contributed by atoms with Crippen molar-refractivity contribution in [3.8, 4) is 0 Å². The SMILES string of the molecule is Cc1nc(N)sc1CC(=O)N1CCCC(c2ccn[nH]2)C1. The highest BCUT2D eigenvalue weighted by Gasteiger charge is 2.26. The molecule has 1 unspecified atom stereocenters. The summed E-state index contributed by atoms with van der Waals surface area (Å²) in [5.74, 6) is 0.517. The van der Waals surface area contributed by atoms with E-state index in [1.165, 1.54) is 11.3 Å². The summed E-state index contributed by atoms with van der Waals surface area (Å²) >= 11 is 1.41. The predicted molar refractivity (Wildman–Crippen MR) is 82.1 cm³/mol. The highest BCUT2D eigenvalue weighted by atomic mass is 32.1. The van der Waals surface area contributed by atoms with Gasteiger partial charge in [-0.1, -0.05) is 0 Å². The molecule has 0 aromatic carbocycles. The summed E-state index contributed by atoms with van der Waals surface area (Å²) < 4.78 is 0. The first-order chi connectivity index (χ1) is 10.1. The largest absolute Gasteiger partial charge is 0.375 e. The first kappa shape index (κ1) is 14.1. The molecule has 1 aliphatic heterocycles. The number of nitrogen functional groups attached to an aromatic ring is 1. The van der Waals surface area contributed by atoms with E-state index in [0.717, 1.165) is 42.2 Å². The van der Waals surface area contributed by atoms with Crippen molar-refractivity contribution < 1.29 is 4.79 Å². The first-order valence-electron chi connectivity index (χ1n) is 7.12. The lowest BCUT2D eigenvalue weighted by atomic mass is 9.94. The van der Waals surface area contributed by atoms with Crippen LogP contribution in [0.3, 0.4) is 0 Å². The molecule has 3 N–H and O–H groups in total. The lowest BCUT2D eigenvalue weighted by Gasteiger charge is -2.32. The fourth-order valence-electron chi connectivity index (χ4n) is 2.82. The van der Waals surface area contributed by atoms with E-state index in [0.29, 0.717) is 17.5 Å². The first-order valence-corrected chi connectivity index (χ1v) is 7.94. The zero-order valence-electron chi connectivity index (χ0n) is 12.0. The van der Waals surface area contributed by atoms with Crippen LogP contribution in [0.5, 0.6) is 0 Å². The third-order valence-electron chi connectivity index (χ3n) is 3.96. The number of thiazole rings is 1. The molecule has 1 aliphatic rings. The van der Waals surface area contributed by atoms with E-state index >= 15 is 0 Å². The molecule has 1 atom stereocenters. The molecule has 0 radical (unpaired) electrons. The van der Waals surface area contributed by atoms with Crippen molar-refractivity contribution >= 4 is 22.4 Å². The van der Waals surface area contributed by atoms with Gasteiger partial charge in [0.15, 0.2) is 5.13 Å². The molecule has 0 bridgehead atoms.